The van der Waals surface area contributed by atoms with Crippen LogP contribution in [0.25, 0.3) is 11.4 Å². The number of nitrogens with one attached hydrogen (secondary N) is 2. The number of nitrogens with zero attached hydrogens (tertiary/aromatic N) is 4. The number of benzene rings is 3. The first kappa shape index (κ1) is 23.0. The third kappa shape index (κ3) is 5.31. The topological polar surface area (TPSA) is 160 Å². The predicted molar refractivity (Wildman–Crippen MR) is 126 cm³/mol. The quantitative estimate of drug-likeness (QED) is 0.310. The van der Waals surface area contributed by atoms with Crippen LogP contribution in [0.1, 0.15) is 11.1 Å². The molecule has 0 radical (unpaired) electrons. The molecular formula is C26H16N6O2. The van der Waals surface area contributed by atoms with Crippen molar-refractivity contribution in [2.24, 2.45) is 0 Å². The molecule has 0 heterocycles. The highest BCUT2D eigenvalue weighted by atomic mass is 16.3. The average Bonchev–Trinajstić information content (AvgIpc) is 2.87. The second-order valence-electron chi connectivity index (χ2n) is 6.87. The van der Waals surface area contributed by atoms with Gasteiger partial charge < -0.3 is 20.8 Å². The maximum Gasteiger partial charge on any atom is 0.153 e. The van der Waals surface area contributed by atoms with Gasteiger partial charge in [-0.3, -0.25) is 0 Å². The summed E-state index contributed by atoms with van der Waals surface area (Å²) in [7, 11) is 0. The van der Waals surface area contributed by atoms with Gasteiger partial charge in [0.15, 0.2) is 11.1 Å². The fourth-order valence-corrected chi connectivity index (χ4v) is 3.01. The number of rotatable bonds is 6. The highest BCUT2D eigenvalue weighted by molar-refractivity contribution is 5.87. The number of phenols is 2. The summed E-state index contributed by atoms with van der Waals surface area (Å²) in [6.45, 7) is 0. The minimum atomic E-state index is -0.145. The Bertz CT molecular complexity index is 1280. The molecule has 0 aliphatic heterocycles. The fraction of sp³-hybridized carbons (Fsp3) is 0. The minimum Gasteiger partial charge on any atom is -0.508 e. The molecule has 4 N–H and O–H groups in total. The largest absolute Gasteiger partial charge is 0.508 e. The molecule has 0 aliphatic rings. The molecule has 0 aliphatic carbocycles. The first-order valence-electron chi connectivity index (χ1n) is 9.81. The van der Waals surface area contributed by atoms with E-state index in [0.29, 0.717) is 22.5 Å². The van der Waals surface area contributed by atoms with Gasteiger partial charge in [-0.25, -0.2) is 0 Å². The van der Waals surface area contributed by atoms with Gasteiger partial charge in [0.2, 0.25) is 0 Å². The Morgan fingerprint density at radius 2 is 0.794 bits per heavy atom. The third-order valence-electron chi connectivity index (χ3n) is 4.68. The SMILES string of the molecule is N#CC(C#N)=C(Nc1ccc(O)cc1)c1ccc(C(Nc2ccc(O)cc2)=C(C#N)C#N)cc1. The molecule has 3 rings (SSSR count). The summed E-state index contributed by atoms with van der Waals surface area (Å²) in [4.78, 5) is 0. The van der Waals surface area contributed by atoms with Gasteiger partial charge in [0, 0.05) is 22.5 Å². The lowest BCUT2D eigenvalue weighted by Gasteiger charge is -2.15. The van der Waals surface area contributed by atoms with Gasteiger partial charge in [-0.2, -0.15) is 21.0 Å². The maximum absolute atomic E-state index is 9.48. The van der Waals surface area contributed by atoms with Crippen LogP contribution in [0.3, 0.4) is 0 Å². The zero-order valence-electron chi connectivity index (χ0n) is 17.6. The van der Waals surface area contributed by atoms with E-state index < -0.39 is 0 Å². The maximum atomic E-state index is 9.48. The summed E-state index contributed by atoms with van der Waals surface area (Å²) in [5.74, 6) is 0.153. The van der Waals surface area contributed by atoms with Crippen molar-refractivity contribution in [2.45, 2.75) is 0 Å². The average molecular weight is 444 g/mol. The van der Waals surface area contributed by atoms with Crippen molar-refractivity contribution in [1.29, 1.82) is 21.0 Å². The van der Waals surface area contributed by atoms with Crippen LogP contribution >= 0.6 is 0 Å². The summed E-state index contributed by atoms with van der Waals surface area (Å²) < 4.78 is 0. The zero-order valence-corrected chi connectivity index (χ0v) is 17.6. The lowest BCUT2D eigenvalue weighted by Crippen LogP contribution is -2.04. The molecule has 0 amide bonds. The molecule has 0 unspecified atom stereocenters. The highest BCUT2D eigenvalue weighted by Gasteiger charge is 2.14. The van der Waals surface area contributed by atoms with E-state index in [0.717, 1.165) is 0 Å². The van der Waals surface area contributed by atoms with Crippen LogP contribution < -0.4 is 10.6 Å². The standard InChI is InChI=1S/C26H16N6O2/c27-13-19(14-28)25(31-21-5-9-23(33)10-6-21)17-1-2-18(4-3-17)26(20(15-29)16-30)32-22-7-11-24(34)12-8-22/h1-12,31-34H. The van der Waals surface area contributed by atoms with Crippen LogP contribution in [0.15, 0.2) is 83.9 Å². The van der Waals surface area contributed by atoms with E-state index in [1.807, 2.05) is 24.3 Å². The Morgan fingerprint density at radius 1 is 0.500 bits per heavy atom. The number of phenolic OH excluding ortho intramolecular Hbond substituents is 2. The molecule has 0 saturated heterocycles. The summed E-state index contributed by atoms with van der Waals surface area (Å²) in [5, 5.41) is 62.7. The van der Waals surface area contributed by atoms with Crippen LogP contribution in [0.5, 0.6) is 11.5 Å². The van der Waals surface area contributed by atoms with Crippen LogP contribution in [0, 0.1) is 45.3 Å². The van der Waals surface area contributed by atoms with Crippen LogP contribution in [0.4, 0.5) is 11.4 Å². The van der Waals surface area contributed by atoms with E-state index in [9.17, 15) is 31.3 Å². The lowest BCUT2D eigenvalue weighted by atomic mass is 10.0. The second kappa shape index (κ2) is 10.6. The second-order valence-corrected chi connectivity index (χ2v) is 6.87. The minimum absolute atomic E-state index is 0.0763. The van der Waals surface area contributed by atoms with Gasteiger partial charge in [0.25, 0.3) is 0 Å². The molecule has 0 atom stereocenters. The summed E-state index contributed by atoms with van der Waals surface area (Å²) in [5.41, 5.74) is 2.40. The van der Waals surface area contributed by atoms with E-state index >= 15 is 0 Å². The molecule has 0 fully saturated rings. The van der Waals surface area contributed by atoms with Gasteiger partial charge in [-0.05, 0) is 48.5 Å². The Hall–Kier alpha value is -5.70. The van der Waals surface area contributed by atoms with Crippen LogP contribution in [-0.4, -0.2) is 10.2 Å². The molecule has 8 nitrogen and oxygen atoms in total. The monoisotopic (exact) mass is 444 g/mol. The number of hydrogen-bond donors (Lipinski definition) is 4. The fourth-order valence-electron chi connectivity index (χ4n) is 3.01. The number of hydrogen-bond acceptors (Lipinski definition) is 8. The third-order valence-corrected chi connectivity index (χ3v) is 4.68. The first-order valence-corrected chi connectivity index (χ1v) is 9.81. The van der Waals surface area contributed by atoms with Crippen molar-refractivity contribution < 1.29 is 10.2 Å². The number of aromatic hydroxyl groups is 2. The van der Waals surface area contributed by atoms with Gasteiger partial charge >= 0.3 is 0 Å². The van der Waals surface area contributed by atoms with E-state index in [-0.39, 0.29) is 34.0 Å². The van der Waals surface area contributed by atoms with E-state index in [2.05, 4.69) is 10.6 Å². The summed E-state index contributed by atoms with van der Waals surface area (Å²) >= 11 is 0. The Labute approximate surface area is 195 Å². The molecule has 0 bridgehead atoms. The molecule has 3 aromatic carbocycles. The number of anilines is 2. The lowest BCUT2D eigenvalue weighted by molar-refractivity contribution is 0.475. The van der Waals surface area contributed by atoms with Gasteiger partial charge in [-0.1, -0.05) is 24.3 Å². The Balaban J connectivity index is 2.02. The van der Waals surface area contributed by atoms with Gasteiger partial charge in [0.05, 0.1) is 11.4 Å². The molecule has 0 spiro atoms. The molecule has 0 aromatic heterocycles. The van der Waals surface area contributed by atoms with Crippen molar-refractivity contribution in [3.05, 3.63) is 95.1 Å². The van der Waals surface area contributed by atoms with Crippen molar-refractivity contribution in [3.8, 4) is 35.8 Å². The van der Waals surface area contributed by atoms with Gasteiger partial charge in [0.1, 0.15) is 35.8 Å². The van der Waals surface area contributed by atoms with Gasteiger partial charge in [-0.15, -0.1) is 0 Å². The molecule has 3 aromatic rings. The molecule has 162 valence electrons. The molecule has 8 heteroatoms. The predicted octanol–water partition coefficient (Wildman–Crippen LogP) is 4.84. The molecular weight excluding hydrogens is 428 g/mol. The van der Waals surface area contributed by atoms with Crippen molar-refractivity contribution in [3.63, 3.8) is 0 Å². The normalized spacial score (nSPS) is 9.29. The van der Waals surface area contributed by atoms with Crippen LogP contribution in [0.2, 0.25) is 0 Å². The van der Waals surface area contributed by atoms with E-state index in [4.69, 9.17) is 0 Å². The van der Waals surface area contributed by atoms with Crippen molar-refractivity contribution in [2.75, 3.05) is 10.6 Å². The molecule has 0 saturated carbocycles. The van der Waals surface area contributed by atoms with E-state index in [1.54, 1.807) is 48.5 Å². The smallest absolute Gasteiger partial charge is 0.153 e. The van der Waals surface area contributed by atoms with Crippen molar-refractivity contribution in [1.82, 2.24) is 0 Å². The summed E-state index contributed by atoms with van der Waals surface area (Å²) in [6.07, 6.45) is 0. The number of allylic oxidation sites excluding steroid dienone is 2. The Kier molecular flexibility index (Phi) is 7.13. The van der Waals surface area contributed by atoms with E-state index in [1.165, 1.54) is 24.3 Å². The highest BCUT2D eigenvalue weighted by Crippen LogP contribution is 2.27. The first-order chi connectivity index (χ1) is 16.5. The summed E-state index contributed by atoms with van der Waals surface area (Å²) in [6, 6.07) is 26.4. The Morgan fingerprint density at radius 3 is 1.06 bits per heavy atom. The number of nitriles is 4. The zero-order chi connectivity index (χ0) is 24.5. The molecule has 34 heavy (non-hydrogen) atoms. The van der Waals surface area contributed by atoms with Crippen LogP contribution in [-0.2, 0) is 0 Å². The van der Waals surface area contributed by atoms with Crippen molar-refractivity contribution >= 4 is 22.8 Å².